The van der Waals surface area contributed by atoms with Crippen LogP contribution in [0.5, 0.6) is 5.88 Å². The molecule has 3 unspecified atom stereocenters. The van der Waals surface area contributed by atoms with Gasteiger partial charge in [-0.3, -0.25) is 4.79 Å². The normalized spacial score (nSPS) is 29.5. The molecule has 3 aliphatic carbocycles. The summed E-state index contributed by atoms with van der Waals surface area (Å²) in [5.74, 6) is 1.67. The molecule has 0 saturated heterocycles. The Balaban J connectivity index is 1.31. The molecule has 138 valence electrons. The molecule has 0 aliphatic heterocycles. The fourth-order valence-electron chi connectivity index (χ4n) is 4.95. The smallest absolute Gasteiger partial charge is 0.227 e. The average Bonchev–Trinajstić information content (AvgIpc) is 3.21. The number of aromatic hydroxyl groups is 1. The van der Waals surface area contributed by atoms with Crippen LogP contribution >= 0.6 is 11.3 Å². The van der Waals surface area contributed by atoms with Crippen molar-refractivity contribution >= 4 is 22.4 Å². The Labute approximate surface area is 153 Å². The van der Waals surface area contributed by atoms with Crippen LogP contribution in [-0.2, 0) is 11.2 Å². The summed E-state index contributed by atoms with van der Waals surface area (Å²) in [6.07, 6.45) is 12.6. The van der Waals surface area contributed by atoms with E-state index in [0.717, 1.165) is 29.8 Å². The summed E-state index contributed by atoms with van der Waals surface area (Å²) in [5.41, 5.74) is 0. The van der Waals surface area contributed by atoms with Crippen molar-refractivity contribution in [2.24, 2.45) is 11.8 Å². The molecule has 3 atom stereocenters. The number of aromatic nitrogens is 1. The van der Waals surface area contributed by atoms with E-state index in [-0.39, 0.29) is 18.2 Å². The van der Waals surface area contributed by atoms with Crippen molar-refractivity contribution in [3.8, 4) is 5.88 Å². The number of anilines is 1. The Morgan fingerprint density at radius 2 is 1.92 bits per heavy atom. The van der Waals surface area contributed by atoms with Gasteiger partial charge < -0.3 is 15.7 Å². The highest BCUT2D eigenvalue weighted by atomic mass is 32.1. The van der Waals surface area contributed by atoms with Crippen molar-refractivity contribution in [1.29, 1.82) is 0 Å². The standard InChI is InChI=1S/C19H29N3O2S/c23-17(20-14-5-3-1-2-4-6-14)11-16-18(24)22-19(25-16)21-15-10-12-7-8-13(15)9-12/h12-15,24H,1-11H2,(H,20,23)(H,21,22). The van der Waals surface area contributed by atoms with Gasteiger partial charge in [-0.25, -0.2) is 0 Å². The summed E-state index contributed by atoms with van der Waals surface area (Å²) in [6, 6.07) is 0.800. The van der Waals surface area contributed by atoms with Crippen molar-refractivity contribution in [3.05, 3.63) is 4.88 Å². The number of thiazole rings is 1. The van der Waals surface area contributed by atoms with E-state index in [9.17, 15) is 9.90 Å². The number of rotatable bonds is 5. The quantitative estimate of drug-likeness (QED) is 0.695. The zero-order chi connectivity index (χ0) is 17.2. The lowest BCUT2D eigenvalue weighted by atomic mass is 9.96. The molecular weight excluding hydrogens is 334 g/mol. The van der Waals surface area contributed by atoms with E-state index in [1.807, 2.05) is 0 Å². The molecule has 6 heteroatoms. The van der Waals surface area contributed by atoms with Gasteiger partial charge in [0.05, 0.1) is 11.3 Å². The van der Waals surface area contributed by atoms with Crippen LogP contribution in [0.3, 0.4) is 0 Å². The van der Waals surface area contributed by atoms with Gasteiger partial charge in [0.2, 0.25) is 11.8 Å². The van der Waals surface area contributed by atoms with E-state index in [0.29, 0.717) is 17.0 Å². The maximum Gasteiger partial charge on any atom is 0.227 e. The maximum atomic E-state index is 12.3. The zero-order valence-corrected chi connectivity index (χ0v) is 15.6. The van der Waals surface area contributed by atoms with Crippen LogP contribution in [-0.4, -0.2) is 28.1 Å². The molecule has 3 fully saturated rings. The highest BCUT2D eigenvalue weighted by Gasteiger charge is 2.39. The van der Waals surface area contributed by atoms with E-state index in [1.165, 1.54) is 62.7 Å². The predicted molar refractivity (Wildman–Crippen MR) is 100.0 cm³/mol. The molecule has 0 spiro atoms. The molecule has 0 aromatic carbocycles. The van der Waals surface area contributed by atoms with E-state index in [4.69, 9.17) is 0 Å². The second-order valence-electron chi connectivity index (χ2n) is 8.12. The number of nitrogens with zero attached hydrogens (tertiary/aromatic N) is 1. The lowest BCUT2D eigenvalue weighted by Gasteiger charge is -2.22. The fourth-order valence-corrected chi connectivity index (χ4v) is 5.86. The lowest BCUT2D eigenvalue weighted by molar-refractivity contribution is -0.121. The maximum absolute atomic E-state index is 12.3. The first-order chi connectivity index (χ1) is 12.2. The SMILES string of the molecule is O=C(Cc1sc(NC2CC3CCC2C3)nc1O)NC1CCCCCC1. The molecule has 0 radical (unpaired) electrons. The summed E-state index contributed by atoms with van der Waals surface area (Å²) in [7, 11) is 0. The Morgan fingerprint density at radius 3 is 2.60 bits per heavy atom. The zero-order valence-electron chi connectivity index (χ0n) is 14.8. The van der Waals surface area contributed by atoms with Crippen LogP contribution in [0.1, 0.15) is 69.1 Å². The van der Waals surface area contributed by atoms with E-state index in [1.54, 1.807) is 0 Å². The Hall–Kier alpha value is -1.30. The number of nitrogens with one attached hydrogen (secondary N) is 2. The second-order valence-corrected chi connectivity index (χ2v) is 9.21. The number of hydrogen-bond donors (Lipinski definition) is 3. The molecule has 1 heterocycles. The van der Waals surface area contributed by atoms with Gasteiger partial charge in [-0.2, -0.15) is 4.98 Å². The first-order valence-corrected chi connectivity index (χ1v) is 10.7. The molecule has 25 heavy (non-hydrogen) atoms. The van der Waals surface area contributed by atoms with Crippen LogP contribution in [0.2, 0.25) is 0 Å². The Morgan fingerprint density at radius 1 is 1.12 bits per heavy atom. The number of hydrogen-bond acceptors (Lipinski definition) is 5. The molecule has 1 aromatic heterocycles. The molecular formula is C19H29N3O2S. The molecule has 2 bridgehead atoms. The van der Waals surface area contributed by atoms with Crippen LogP contribution in [0.25, 0.3) is 0 Å². The van der Waals surface area contributed by atoms with Crippen molar-refractivity contribution < 1.29 is 9.90 Å². The highest BCUT2D eigenvalue weighted by Crippen LogP contribution is 2.46. The second kappa shape index (κ2) is 7.52. The summed E-state index contributed by atoms with van der Waals surface area (Å²) in [5, 5.41) is 17.5. The molecule has 1 amide bonds. The first-order valence-electron chi connectivity index (χ1n) is 9.92. The van der Waals surface area contributed by atoms with E-state index >= 15 is 0 Å². The highest BCUT2D eigenvalue weighted by molar-refractivity contribution is 7.16. The largest absolute Gasteiger partial charge is 0.492 e. The number of fused-ring (bicyclic) bond motifs is 2. The number of carbonyl (C=O) groups is 1. The average molecular weight is 364 g/mol. The summed E-state index contributed by atoms with van der Waals surface area (Å²) < 4.78 is 0. The number of amides is 1. The third kappa shape index (κ3) is 4.10. The third-order valence-corrected chi connectivity index (χ3v) is 7.24. The third-order valence-electron chi connectivity index (χ3n) is 6.27. The number of carbonyl (C=O) groups excluding carboxylic acids is 1. The van der Waals surface area contributed by atoms with Crippen molar-refractivity contribution in [3.63, 3.8) is 0 Å². The molecule has 3 saturated carbocycles. The van der Waals surface area contributed by atoms with E-state index < -0.39 is 0 Å². The minimum Gasteiger partial charge on any atom is -0.492 e. The summed E-state index contributed by atoms with van der Waals surface area (Å²) in [6.45, 7) is 0. The fraction of sp³-hybridized carbons (Fsp3) is 0.789. The van der Waals surface area contributed by atoms with Gasteiger partial charge in [0.15, 0.2) is 5.13 Å². The van der Waals surface area contributed by atoms with Crippen molar-refractivity contribution in [2.75, 3.05) is 5.32 Å². The van der Waals surface area contributed by atoms with Gasteiger partial charge in [0, 0.05) is 12.1 Å². The molecule has 4 rings (SSSR count). The summed E-state index contributed by atoms with van der Waals surface area (Å²) >= 11 is 1.44. The first kappa shape index (κ1) is 17.1. The van der Waals surface area contributed by atoms with Crippen LogP contribution in [0.15, 0.2) is 0 Å². The predicted octanol–water partition coefficient (Wildman–Crippen LogP) is 3.83. The topological polar surface area (TPSA) is 74.2 Å². The van der Waals surface area contributed by atoms with Crippen molar-refractivity contribution in [2.45, 2.75) is 82.7 Å². The lowest BCUT2D eigenvalue weighted by Crippen LogP contribution is -2.35. The van der Waals surface area contributed by atoms with Gasteiger partial charge in [0.1, 0.15) is 0 Å². The minimum absolute atomic E-state index is 0.0114. The van der Waals surface area contributed by atoms with E-state index in [2.05, 4.69) is 15.6 Å². The van der Waals surface area contributed by atoms with Gasteiger partial charge >= 0.3 is 0 Å². The Bertz CT molecular complexity index is 610. The molecule has 3 N–H and O–H groups in total. The molecule has 3 aliphatic rings. The van der Waals surface area contributed by atoms with Crippen LogP contribution < -0.4 is 10.6 Å². The minimum atomic E-state index is 0.0114. The van der Waals surface area contributed by atoms with Crippen LogP contribution in [0, 0.1) is 11.8 Å². The van der Waals surface area contributed by atoms with Gasteiger partial charge in [-0.1, -0.05) is 43.4 Å². The molecule has 1 aromatic rings. The van der Waals surface area contributed by atoms with Gasteiger partial charge in [0.25, 0.3) is 0 Å². The molecule has 5 nitrogen and oxygen atoms in total. The van der Waals surface area contributed by atoms with Gasteiger partial charge in [-0.05, 0) is 43.9 Å². The van der Waals surface area contributed by atoms with Gasteiger partial charge in [-0.15, -0.1) is 0 Å². The Kier molecular flexibility index (Phi) is 5.15. The van der Waals surface area contributed by atoms with Crippen LogP contribution in [0.4, 0.5) is 5.13 Å². The summed E-state index contributed by atoms with van der Waals surface area (Å²) in [4.78, 5) is 17.3. The van der Waals surface area contributed by atoms with Crippen molar-refractivity contribution in [1.82, 2.24) is 10.3 Å². The monoisotopic (exact) mass is 363 g/mol.